The van der Waals surface area contributed by atoms with Crippen molar-refractivity contribution >= 4 is 17.7 Å². The maximum Gasteiger partial charge on any atom is 0.313 e. The predicted molar refractivity (Wildman–Crippen MR) is 86.4 cm³/mol. The Morgan fingerprint density at radius 2 is 2.00 bits per heavy atom. The van der Waals surface area contributed by atoms with E-state index in [4.69, 9.17) is 9.47 Å². The summed E-state index contributed by atoms with van der Waals surface area (Å²) in [6.07, 6.45) is 2.99. The molecule has 0 spiro atoms. The summed E-state index contributed by atoms with van der Waals surface area (Å²) in [4.78, 5) is 14.3. The molecule has 8 heteroatoms. The van der Waals surface area contributed by atoms with Crippen molar-refractivity contribution in [2.24, 2.45) is 5.10 Å². The minimum atomic E-state index is -0.521. The van der Waals surface area contributed by atoms with Crippen LogP contribution in [0.3, 0.4) is 0 Å². The van der Waals surface area contributed by atoms with Gasteiger partial charge in [-0.05, 0) is 30.7 Å². The van der Waals surface area contributed by atoms with Crippen molar-refractivity contribution in [1.29, 1.82) is 0 Å². The Morgan fingerprint density at radius 1 is 1.30 bits per heavy atom. The molecule has 8 nitrogen and oxygen atoms in total. The zero-order valence-electron chi connectivity index (χ0n) is 12.9. The molecule has 0 bridgehead atoms. The minimum Gasteiger partial charge on any atom is -0.493 e. The van der Waals surface area contributed by atoms with E-state index in [2.05, 4.69) is 15.5 Å². The molecule has 0 amide bonds. The van der Waals surface area contributed by atoms with E-state index in [0.717, 1.165) is 11.1 Å². The number of hydrazone groups is 1. The van der Waals surface area contributed by atoms with Crippen molar-refractivity contribution in [3.8, 4) is 11.5 Å². The van der Waals surface area contributed by atoms with Crippen LogP contribution in [0.5, 0.6) is 11.5 Å². The summed E-state index contributed by atoms with van der Waals surface area (Å²) >= 11 is 0. The number of methoxy groups -OCH3 is 2. The number of nitro groups is 1. The van der Waals surface area contributed by atoms with Gasteiger partial charge >= 0.3 is 5.69 Å². The van der Waals surface area contributed by atoms with E-state index < -0.39 is 4.92 Å². The van der Waals surface area contributed by atoms with Gasteiger partial charge in [-0.15, -0.1) is 0 Å². The van der Waals surface area contributed by atoms with Crippen LogP contribution in [0, 0.1) is 17.0 Å². The first kappa shape index (κ1) is 16.2. The Hall–Kier alpha value is -3.16. The molecule has 0 radical (unpaired) electrons. The van der Waals surface area contributed by atoms with Gasteiger partial charge in [0, 0.05) is 17.8 Å². The Labute approximate surface area is 132 Å². The summed E-state index contributed by atoms with van der Waals surface area (Å²) in [7, 11) is 3.11. The monoisotopic (exact) mass is 316 g/mol. The number of hydrogen-bond donors (Lipinski definition) is 1. The Balaban J connectivity index is 2.23. The van der Waals surface area contributed by atoms with Crippen molar-refractivity contribution < 1.29 is 14.4 Å². The van der Waals surface area contributed by atoms with E-state index in [0.29, 0.717) is 11.5 Å². The maximum absolute atomic E-state index is 10.9. The van der Waals surface area contributed by atoms with Gasteiger partial charge in [0.1, 0.15) is 0 Å². The number of ether oxygens (including phenoxy) is 2. The number of aryl methyl sites for hydroxylation is 1. The van der Waals surface area contributed by atoms with Crippen molar-refractivity contribution in [1.82, 2.24) is 4.98 Å². The minimum absolute atomic E-state index is 0.0758. The van der Waals surface area contributed by atoms with Crippen LogP contribution in [-0.4, -0.2) is 30.3 Å². The number of nitrogens with one attached hydrogen (secondary N) is 1. The van der Waals surface area contributed by atoms with Crippen LogP contribution in [-0.2, 0) is 0 Å². The first-order valence-electron chi connectivity index (χ1n) is 6.68. The molecule has 120 valence electrons. The van der Waals surface area contributed by atoms with Crippen molar-refractivity contribution in [2.75, 3.05) is 19.6 Å². The first-order chi connectivity index (χ1) is 11.1. The summed E-state index contributed by atoms with van der Waals surface area (Å²) in [5, 5.41) is 14.9. The standard InChI is InChI=1S/C15H16N4O4/c1-10-7-13(22-2)14(23-3)8-11(10)9-17-18-15-12(19(20)21)5-4-6-16-15/h4-9H,1-3H3,(H,16,18)/b17-9-. The zero-order valence-corrected chi connectivity index (χ0v) is 12.9. The third-order valence-electron chi connectivity index (χ3n) is 3.13. The van der Waals surface area contributed by atoms with E-state index in [1.54, 1.807) is 20.3 Å². The van der Waals surface area contributed by atoms with Gasteiger partial charge in [0.15, 0.2) is 11.5 Å². The summed E-state index contributed by atoms with van der Waals surface area (Å²) < 4.78 is 10.5. The second kappa shape index (κ2) is 7.21. The van der Waals surface area contributed by atoms with Crippen LogP contribution in [0.4, 0.5) is 11.5 Å². The molecule has 23 heavy (non-hydrogen) atoms. The molecule has 0 saturated heterocycles. The lowest BCUT2D eigenvalue weighted by molar-refractivity contribution is -0.384. The molecule has 0 aliphatic rings. The predicted octanol–water partition coefficient (Wildman–Crippen LogP) is 2.76. The van der Waals surface area contributed by atoms with Crippen molar-refractivity contribution in [3.63, 3.8) is 0 Å². The number of hydrogen-bond acceptors (Lipinski definition) is 7. The SMILES string of the molecule is COc1cc(C)c(/C=N\Nc2ncccc2[N+](=O)[O-])cc1OC. The highest BCUT2D eigenvalue weighted by Gasteiger charge is 2.13. The third-order valence-corrected chi connectivity index (χ3v) is 3.13. The average molecular weight is 316 g/mol. The van der Waals surface area contributed by atoms with E-state index >= 15 is 0 Å². The fourth-order valence-corrected chi connectivity index (χ4v) is 1.93. The quantitative estimate of drug-likeness (QED) is 0.500. The first-order valence-corrected chi connectivity index (χ1v) is 6.68. The number of nitrogens with zero attached hydrogens (tertiary/aromatic N) is 3. The van der Waals surface area contributed by atoms with Crippen molar-refractivity contribution in [3.05, 3.63) is 51.7 Å². The van der Waals surface area contributed by atoms with Crippen LogP contribution in [0.1, 0.15) is 11.1 Å². The highest BCUT2D eigenvalue weighted by Crippen LogP contribution is 2.29. The molecule has 1 heterocycles. The molecule has 0 aliphatic carbocycles. The molecule has 2 aromatic rings. The number of benzene rings is 1. The molecular weight excluding hydrogens is 300 g/mol. The molecule has 1 aromatic carbocycles. The topological polar surface area (TPSA) is 98.9 Å². The summed E-state index contributed by atoms with van der Waals surface area (Å²) in [5.41, 5.74) is 4.14. The summed E-state index contributed by atoms with van der Waals surface area (Å²) in [6, 6.07) is 6.44. The second-order valence-corrected chi connectivity index (χ2v) is 4.56. The van der Waals surface area contributed by atoms with Gasteiger partial charge in [-0.2, -0.15) is 5.10 Å². The number of aromatic nitrogens is 1. The Morgan fingerprint density at radius 3 is 2.65 bits per heavy atom. The fourth-order valence-electron chi connectivity index (χ4n) is 1.93. The highest BCUT2D eigenvalue weighted by atomic mass is 16.6. The third kappa shape index (κ3) is 3.73. The van der Waals surface area contributed by atoms with Crippen LogP contribution in [0.25, 0.3) is 0 Å². The van der Waals surface area contributed by atoms with Crippen LogP contribution in [0.15, 0.2) is 35.6 Å². The lowest BCUT2D eigenvalue weighted by Crippen LogP contribution is -2.00. The molecule has 1 aromatic heterocycles. The number of pyridine rings is 1. The van der Waals surface area contributed by atoms with Gasteiger partial charge in [-0.1, -0.05) is 0 Å². The molecule has 0 unspecified atom stereocenters. The van der Waals surface area contributed by atoms with E-state index in [1.807, 2.05) is 13.0 Å². The van der Waals surface area contributed by atoms with E-state index in [1.165, 1.54) is 24.5 Å². The van der Waals surface area contributed by atoms with Gasteiger partial charge < -0.3 is 9.47 Å². The zero-order chi connectivity index (χ0) is 16.8. The second-order valence-electron chi connectivity index (χ2n) is 4.56. The normalized spacial score (nSPS) is 10.6. The summed E-state index contributed by atoms with van der Waals surface area (Å²) in [5.74, 6) is 1.27. The molecule has 2 rings (SSSR count). The number of anilines is 1. The molecular formula is C15H16N4O4. The van der Waals surface area contributed by atoms with Gasteiger partial charge in [0.25, 0.3) is 0 Å². The highest BCUT2D eigenvalue weighted by molar-refractivity contribution is 5.83. The molecule has 0 aliphatic heterocycles. The van der Waals surface area contributed by atoms with Gasteiger partial charge in [0.05, 0.1) is 25.4 Å². The lowest BCUT2D eigenvalue weighted by atomic mass is 10.1. The van der Waals surface area contributed by atoms with Crippen LogP contribution < -0.4 is 14.9 Å². The van der Waals surface area contributed by atoms with Crippen molar-refractivity contribution in [2.45, 2.75) is 6.92 Å². The maximum atomic E-state index is 10.9. The van der Waals surface area contributed by atoms with Gasteiger partial charge in [0.2, 0.25) is 5.82 Å². The number of rotatable bonds is 6. The molecule has 1 N–H and O–H groups in total. The van der Waals surface area contributed by atoms with Gasteiger partial charge in [-0.25, -0.2) is 4.98 Å². The summed E-state index contributed by atoms with van der Waals surface area (Å²) in [6.45, 7) is 1.90. The molecule has 0 atom stereocenters. The largest absolute Gasteiger partial charge is 0.493 e. The smallest absolute Gasteiger partial charge is 0.313 e. The van der Waals surface area contributed by atoms with E-state index in [-0.39, 0.29) is 11.5 Å². The molecule has 0 saturated carbocycles. The Kier molecular flexibility index (Phi) is 5.08. The Bertz CT molecular complexity index is 746. The van der Waals surface area contributed by atoms with Gasteiger partial charge in [-0.3, -0.25) is 15.5 Å². The molecule has 0 fully saturated rings. The fraction of sp³-hybridized carbons (Fsp3) is 0.200. The van der Waals surface area contributed by atoms with Crippen LogP contribution >= 0.6 is 0 Å². The van der Waals surface area contributed by atoms with Crippen LogP contribution in [0.2, 0.25) is 0 Å². The average Bonchev–Trinajstić information content (AvgIpc) is 2.56. The van der Waals surface area contributed by atoms with E-state index in [9.17, 15) is 10.1 Å². The lowest BCUT2D eigenvalue weighted by Gasteiger charge is -2.10.